The molecule has 0 aliphatic carbocycles. The minimum atomic E-state index is 0. The summed E-state index contributed by atoms with van der Waals surface area (Å²) in [5, 5.41) is 7.17. The number of rotatable bonds is 11. The van der Waals surface area contributed by atoms with Gasteiger partial charge in [0.2, 0.25) is 0 Å². The smallest absolute Gasteiger partial charge is 0.191 e. The molecule has 6 heteroatoms. The second-order valence-electron chi connectivity index (χ2n) is 7.56. The lowest BCUT2D eigenvalue weighted by molar-refractivity contribution is 0.189. The Kier molecular flexibility index (Phi) is 15.0. The first-order valence-corrected chi connectivity index (χ1v) is 10.2. The second-order valence-corrected chi connectivity index (χ2v) is 7.56. The third kappa shape index (κ3) is 9.94. The summed E-state index contributed by atoms with van der Waals surface area (Å²) in [6.07, 6.45) is 7.55. The lowest BCUT2D eigenvalue weighted by Crippen LogP contribution is -2.52. The van der Waals surface area contributed by atoms with E-state index < -0.39 is 0 Å². The molecule has 0 aromatic carbocycles. The molecule has 1 saturated heterocycles. The van der Waals surface area contributed by atoms with Crippen LogP contribution in [0.4, 0.5) is 0 Å². The molecule has 1 aliphatic heterocycles. The predicted octanol–water partition coefficient (Wildman–Crippen LogP) is 3.34. The Morgan fingerprint density at radius 2 is 1.81 bits per heavy atom. The summed E-state index contributed by atoms with van der Waals surface area (Å²) in [4.78, 5) is 9.41. The Balaban J connectivity index is 0.00000676. The third-order valence-corrected chi connectivity index (χ3v) is 5.14. The van der Waals surface area contributed by atoms with E-state index in [4.69, 9.17) is 0 Å². The number of halogens is 1. The van der Waals surface area contributed by atoms with Gasteiger partial charge in [-0.25, -0.2) is 0 Å². The molecular formula is C21H42IN5. The summed E-state index contributed by atoms with van der Waals surface area (Å²) in [5.41, 5.74) is 0. The molecular weight excluding hydrogens is 449 g/mol. The fraction of sp³-hybridized carbons (Fsp3) is 0.762. The summed E-state index contributed by atoms with van der Waals surface area (Å²) in [6.45, 7) is 20.8. The maximum absolute atomic E-state index is 4.44. The van der Waals surface area contributed by atoms with Gasteiger partial charge in [0.1, 0.15) is 0 Å². The quantitative estimate of drug-likeness (QED) is 0.201. The van der Waals surface area contributed by atoms with E-state index >= 15 is 0 Å². The van der Waals surface area contributed by atoms with E-state index in [2.05, 4.69) is 59.4 Å². The minimum Gasteiger partial charge on any atom is -0.355 e. The van der Waals surface area contributed by atoms with Gasteiger partial charge in [-0.15, -0.1) is 37.1 Å². The van der Waals surface area contributed by atoms with Crippen molar-refractivity contribution in [3.8, 4) is 0 Å². The highest BCUT2D eigenvalue weighted by atomic mass is 127. The lowest BCUT2D eigenvalue weighted by atomic mass is 10.0. The minimum absolute atomic E-state index is 0. The number of likely N-dealkylation sites (tertiary alicyclic amines) is 1. The topological polar surface area (TPSA) is 42.9 Å². The summed E-state index contributed by atoms with van der Waals surface area (Å²) in [6, 6.07) is 0.931. The zero-order chi connectivity index (χ0) is 19.4. The van der Waals surface area contributed by atoms with Crippen molar-refractivity contribution in [3.63, 3.8) is 0 Å². The zero-order valence-corrected chi connectivity index (χ0v) is 20.2. The van der Waals surface area contributed by atoms with Gasteiger partial charge >= 0.3 is 0 Å². The number of aliphatic imine (C=N–C) groups is 1. The molecule has 0 radical (unpaired) electrons. The summed E-state index contributed by atoms with van der Waals surface area (Å²) >= 11 is 0. The molecule has 1 rings (SSSR count). The molecule has 5 nitrogen and oxygen atoms in total. The molecule has 0 saturated carbocycles. The molecule has 0 aromatic heterocycles. The molecule has 0 aromatic rings. The molecule has 1 unspecified atom stereocenters. The van der Waals surface area contributed by atoms with Gasteiger partial charge in [-0.1, -0.05) is 32.9 Å². The van der Waals surface area contributed by atoms with E-state index in [9.17, 15) is 0 Å². The maximum Gasteiger partial charge on any atom is 0.191 e. The number of nitrogens with one attached hydrogen (secondary N) is 2. The van der Waals surface area contributed by atoms with Crippen LogP contribution < -0.4 is 10.6 Å². The Morgan fingerprint density at radius 1 is 1.22 bits per heavy atom. The Hall–Kier alpha value is -0.600. The number of nitrogens with zero attached hydrogens (tertiary/aromatic N) is 3. The van der Waals surface area contributed by atoms with Crippen LogP contribution in [0.3, 0.4) is 0 Å². The summed E-state index contributed by atoms with van der Waals surface area (Å²) in [7, 11) is 1.86. The SMILES string of the molecule is C=CCN(CC=C)C(CNC(=NC)NC1CCN(CCC)CC1)C(C)C.I. The van der Waals surface area contributed by atoms with Crippen molar-refractivity contribution in [2.45, 2.75) is 52.1 Å². The van der Waals surface area contributed by atoms with Gasteiger partial charge in [0.25, 0.3) is 0 Å². The van der Waals surface area contributed by atoms with Crippen LogP contribution in [0.1, 0.15) is 40.0 Å². The van der Waals surface area contributed by atoms with Crippen LogP contribution in [-0.4, -0.2) is 74.2 Å². The largest absolute Gasteiger partial charge is 0.355 e. The predicted molar refractivity (Wildman–Crippen MR) is 130 cm³/mol. The fourth-order valence-electron chi connectivity index (χ4n) is 3.67. The van der Waals surface area contributed by atoms with Crippen LogP contribution in [0.2, 0.25) is 0 Å². The number of piperidine rings is 1. The van der Waals surface area contributed by atoms with E-state index in [1.807, 2.05) is 19.2 Å². The van der Waals surface area contributed by atoms with Crippen molar-refractivity contribution in [3.05, 3.63) is 25.3 Å². The monoisotopic (exact) mass is 491 g/mol. The fourth-order valence-corrected chi connectivity index (χ4v) is 3.67. The van der Waals surface area contributed by atoms with Crippen LogP contribution in [-0.2, 0) is 0 Å². The number of guanidine groups is 1. The van der Waals surface area contributed by atoms with Crippen LogP contribution in [0.5, 0.6) is 0 Å². The van der Waals surface area contributed by atoms with Crippen LogP contribution >= 0.6 is 24.0 Å². The van der Waals surface area contributed by atoms with Gasteiger partial charge in [0.05, 0.1) is 0 Å². The maximum atomic E-state index is 4.44. The molecule has 1 aliphatic rings. The van der Waals surface area contributed by atoms with Crippen molar-refractivity contribution in [2.75, 3.05) is 46.3 Å². The van der Waals surface area contributed by atoms with Crippen molar-refractivity contribution in [1.29, 1.82) is 0 Å². The van der Waals surface area contributed by atoms with Crippen molar-refractivity contribution in [2.24, 2.45) is 10.9 Å². The molecule has 27 heavy (non-hydrogen) atoms. The van der Waals surface area contributed by atoms with Crippen LogP contribution in [0.25, 0.3) is 0 Å². The molecule has 0 bridgehead atoms. The van der Waals surface area contributed by atoms with Gasteiger partial charge in [-0.2, -0.15) is 0 Å². The van der Waals surface area contributed by atoms with Gasteiger partial charge in [0, 0.05) is 51.9 Å². The summed E-state index contributed by atoms with van der Waals surface area (Å²) in [5.74, 6) is 1.46. The molecule has 1 atom stereocenters. The molecule has 0 spiro atoms. The van der Waals surface area contributed by atoms with Crippen LogP contribution in [0.15, 0.2) is 30.3 Å². The van der Waals surface area contributed by atoms with Crippen LogP contribution in [0, 0.1) is 5.92 Å². The Labute approximate surface area is 184 Å². The average Bonchev–Trinajstić information content (AvgIpc) is 2.62. The highest BCUT2D eigenvalue weighted by Crippen LogP contribution is 2.12. The van der Waals surface area contributed by atoms with E-state index in [0.29, 0.717) is 18.0 Å². The summed E-state index contributed by atoms with van der Waals surface area (Å²) < 4.78 is 0. The highest BCUT2D eigenvalue weighted by Gasteiger charge is 2.22. The van der Waals surface area contributed by atoms with Gasteiger partial charge in [-0.3, -0.25) is 9.89 Å². The normalized spacial score (nSPS) is 17.5. The third-order valence-electron chi connectivity index (χ3n) is 5.14. The molecule has 1 heterocycles. The van der Waals surface area contributed by atoms with Crippen molar-refractivity contribution >= 4 is 29.9 Å². The van der Waals surface area contributed by atoms with E-state index in [1.54, 1.807) is 0 Å². The van der Waals surface area contributed by atoms with E-state index in [0.717, 1.165) is 25.6 Å². The van der Waals surface area contributed by atoms with Crippen molar-refractivity contribution in [1.82, 2.24) is 20.4 Å². The second kappa shape index (κ2) is 15.3. The van der Waals surface area contributed by atoms with Gasteiger partial charge < -0.3 is 15.5 Å². The number of hydrogen-bond acceptors (Lipinski definition) is 3. The molecule has 2 N–H and O–H groups in total. The highest BCUT2D eigenvalue weighted by molar-refractivity contribution is 14.0. The average molecular weight is 492 g/mol. The first-order valence-electron chi connectivity index (χ1n) is 10.2. The Morgan fingerprint density at radius 3 is 2.26 bits per heavy atom. The van der Waals surface area contributed by atoms with E-state index in [1.165, 1.54) is 38.9 Å². The molecule has 0 amide bonds. The first kappa shape index (κ1) is 26.4. The number of hydrogen-bond donors (Lipinski definition) is 2. The van der Waals surface area contributed by atoms with E-state index in [-0.39, 0.29) is 24.0 Å². The molecule has 1 fully saturated rings. The van der Waals surface area contributed by atoms with Gasteiger partial charge in [-0.05, 0) is 31.7 Å². The zero-order valence-electron chi connectivity index (χ0n) is 17.9. The van der Waals surface area contributed by atoms with Gasteiger partial charge in [0.15, 0.2) is 5.96 Å². The Bertz CT molecular complexity index is 420. The standard InChI is InChI=1S/C21H41N5.HI/c1-7-12-25-15-10-19(11-16-25)24-21(22-6)23-17-20(18(4)5)26(13-8-2)14-9-3;/h8-9,18-20H,2-3,7,10-17H2,1,4-6H3,(H2,22,23,24);1H. The van der Waals surface area contributed by atoms with Crippen molar-refractivity contribution < 1.29 is 0 Å². The molecule has 158 valence electrons. The lowest BCUT2D eigenvalue weighted by Gasteiger charge is -2.35. The first-order chi connectivity index (χ1) is 12.5.